The highest BCUT2D eigenvalue weighted by atomic mass is 32.1. The van der Waals surface area contributed by atoms with E-state index >= 15 is 0 Å². The molecule has 20 heavy (non-hydrogen) atoms. The fraction of sp³-hybridized carbons (Fsp3) is 0.0714. The summed E-state index contributed by atoms with van der Waals surface area (Å²) in [4.78, 5) is 11.1. The molecule has 0 aliphatic heterocycles. The molecule has 1 N–H and O–H groups in total. The summed E-state index contributed by atoms with van der Waals surface area (Å²) in [6, 6.07) is 6.58. The molecule has 0 aliphatic carbocycles. The minimum atomic E-state index is -4.34. The zero-order valence-corrected chi connectivity index (χ0v) is 10.8. The number of aliphatic carboxylic acids is 1. The number of halogens is 3. The van der Waals surface area contributed by atoms with Crippen molar-refractivity contribution >= 4 is 23.4 Å². The molecule has 1 aromatic carbocycles. The van der Waals surface area contributed by atoms with Gasteiger partial charge in [-0.3, -0.25) is 0 Å². The molecule has 1 aromatic heterocycles. The van der Waals surface area contributed by atoms with Gasteiger partial charge in [0.1, 0.15) is 0 Å². The predicted octanol–water partition coefficient (Wildman–Crippen LogP) is 4.53. The summed E-state index contributed by atoms with van der Waals surface area (Å²) >= 11 is 1.32. The highest BCUT2D eigenvalue weighted by molar-refractivity contribution is 7.11. The number of hydrogen-bond donors (Lipinski definition) is 1. The van der Waals surface area contributed by atoms with Gasteiger partial charge in [0.2, 0.25) is 0 Å². The van der Waals surface area contributed by atoms with Crippen LogP contribution in [0.2, 0.25) is 0 Å². The van der Waals surface area contributed by atoms with E-state index in [1.807, 2.05) is 0 Å². The Morgan fingerprint density at radius 3 is 2.35 bits per heavy atom. The first-order chi connectivity index (χ1) is 9.36. The first-order valence-corrected chi connectivity index (χ1v) is 6.41. The summed E-state index contributed by atoms with van der Waals surface area (Å²) in [5.74, 6) is -1.05. The fourth-order valence-electron chi connectivity index (χ4n) is 1.60. The number of benzene rings is 1. The lowest BCUT2D eigenvalue weighted by molar-refractivity contribution is -0.137. The van der Waals surface area contributed by atoms with Gasteiger partial charge in [0.05, 0.1) is 5.56 Å². The van der Waals surface area contributed by atoms with Crippen molar-refractivity contribution in [1.29, 1.82) is 0 Å². The summed E-state index contributed by atoms with van der Waals surface area (Å²) in [6.45, 7) is 0. The summed E-state index contributed by atoms with van der Waals surface area (Å²) < 4.78 is 37.3. The molecular formula is C14H9F3O2S. The lowest BCUT2D eigenvalue weighted by Gasteiger charge is -2.06. The molecule has 0 spiro atoms. The number of carboxylic acids is 1. The second kappa shape index (κ2) is 5.50. The van der Waals surface area contributed by atoms with Crippen LogP contribution in [0.25, 0.3) is 17.2 Å². The Bertz CT molecular complexity index is 639. The van der Waals surface area contributed by atoms with E-state index in [9.17, 15) is 18.0 Å². The minimum Gasteiger partial charge on any atom is -0.478 e. The zero-order valence-electron chi connectivity index (χ0n) is 10.0. The van der Waals surface area contributed by atoms with Crippen LogP contribution < -0.4 is 0 Å². The summed E-state index contributed by atoms with van der Waals surface area (Å²) in [6.07, 6.45) is -1.88. The van der Waals surface area contributed by atoms with E-state index in [0.29, 0.717) is 5.56 Å². The van der Waals surface area contributed by atoms with Crippen molar-refractivity contribution in [3.63, 3.8) is 0 Å². The monoisotopic (exact) mass is 298 g/mol. The average Bonchev–Trinajstić information content (AvgIpc) is 2.84. The predicted molar refractivity (Wildman–Crippen MR) is 71.4 cm³/mol. The number of rotatable bonds is 3. The van der Waals surface area contributed by atoms with Crippen LogP contribution in [0.4, 0.5) is 13.2 Å². The maximum Gasteiger partial charge on any atom is 0.416 e. The van der Waals surface area contributed by atoms with Crippen LogP contribution in [-0.4, -0.2) is 11.1 Å². The third kappa shape index (κ3) is 3.48. The Balaban J connectivity index is 2.22. The molecule has 0 saturated heterocycles. The number of hydrogen-bond acceptors (Lipinski definition) is 2. The van der Waals surface area contributed by atoms with Gasteiger partial charge in [0.15, 0.2) is 0 Å². The molecule has 2 rings (SSSR count). The van der Waals surface area contributed by atoms with Gasteiger partial charge >= 0.3 is 12.1 Å². The molecule has 0 aliphatic rings. The Morgan fingerprint density at radius 1 is 1.15 bits per heavy atom. The van der Waals surface area contributed by atoms with E-state index in [-0.39, 0.29) is 0 Å². The second-order valence-electron chi connectivity index (χ2n) is 3.98. The molecule has 0 bridgehead atoms. The van der Waals surface area contributed by atoms with Gasteiger partial charge in [-0.05, 0) is 40.8 Å². The summed E-state index contributed by atoms with van der Waals surface area (Å²) in [5.41, 5.74) is 0.723. The molecule has 0 fully saturated rings. The fourth-order valence-corrected chi connectivity index (χ4v) is 2.41. The Morgan fingerprint density at radius 2 is 1.80 bits per heavy atom. The van der Waals surface area contributed by atoms with Crippen molar-refractivity contribution in [3.05, 3.63) is 52.2 Å². The standard InChI is InChI=1S/C14H9F3O2S/c15-14(16,17)11-3-1-9(2-4-11)10-7-12(20-8-10)5-6-13(18)19/h1-8H,(H,18,19)/b6-5+. The van der Waals surface area contributed by atoms with Crippen molar-refractivity contribution in [2.24, 2.45) is 0 Å². The maximum absolute atomic E-state index is 12.4. The second-order valence-corrected chi connectivity index (χ2v) is 4.93. The normalized spacial score (nSPS) is 11.9. The van der Waals surface area contributed by atoms with Crippen molar-refractivity contribution in [1.82, 2.24) is 0 Å². The maximum atomic E-state index is 12.4. The largest absolute Gasteiger partial charge is 0.478 e. The lowest BCUT2D eigenvalue weighted by Crippen LogP contribution is -2.03. The first-order valence-electron chi connectivity index (χ1n) is 5.53. The number of carbonyl (C=O) groups is 1. The van der Waals surface area contributed by atoms with Gasteiger partial charge in [0, 0.05) is 11.0 Å². The van der Waals surface area contributed by atoms with Crippen LogP contribution >= 0.6 is 11.3 Å². The highest BCUT2D eigenvalue weighted by Crippen LogP contribution is 2.32. The summed E-state index contributed by atoms with van der Waals surface area (Å²) in [5, 5.41) is 10.3. The number of carboxylic acid groups (broad SMARTS) is 1. The Labute approximate surface area is 116 Å². The molecule has 0 unspecified atom stereocenters. The Kier molecular flexibility index (Phi) is 3.94. The third-order valence-corrected chi connectivity index (χ3v) is 3.45. The van der Waals surface area contributed by atoms with Gasteiger partial charge in [-0.15, -0.1) is 11.3 Å². The lowest BCUT2D eigenvalue weighted by atomic mass is 10.1. The van der Waals surface area contributed by atoms with E-state index in [2.05, 4.69) is 0 Å². The summed E-state index contributed by atoms with van der Waals surface area (Å²) in [7, 11) is 0. The van der Waals surface area contributed by atoms with Crippen molar-refractivity contribution in [2.45, 2.75) is 6.18 Å². The quantitative estimate of drug-likeness (QED) is 0.845. The van der Waals surface area contributed by atoms with Crippen molar-refractivity contribution in [2.75, 3.05) is 0 Å². The van der Waals surface area contributed by atoms with Gasteiger partial charge < -0.3 is 5.11 Å². The SMILES string of the molecule is O=C(O)/C=C/c1cc(-c2ccc(C(F)(F)F)cc2)cs1. The van der Waals surface area contributed by atoms with Crippen LogP contribution in [0.3, 0.4) is 0 Å². The topological polar surface area (TPSA) is 37.3 Å². The third-order valence-electron chi connectivity index (χ3n) is 2.56. The van der Waals surface area contributed by atoms with Crippen LogP contribution in [0.5, 0.6) is 0 Å². The molecule has 0 amide bonds. The van der Waals surface area contributed by atoms with Crippen LogP contribution in [0, 0.1) is 0 Å². The molecule has 0 radical (unpaired) electrons. The molecule has 6 heteroatoms. The molecule has 1 heterocycles. The first kappa shape index (κ1) is 14.3. The molecule has 2 aromatic rings. The van der Waals surface area contributed by atoms with Gasteiger partial charge in [-0.2, -0.15) is 13.2 Å². The molecule has 104 valence electrons. The van der Waals surface area contributed by atoms with E-state index < -0.39 is 17.7 Å². The molecule has 0 atom stereocenters. The van der Waals surface area contributed by atoms with Crippen LogP contribution in [0.1, 0.15) is 10.4 Å². The smallest absolute Gasteiger partial charge is 0.416 e. The molecule has 2 nitrogen and oxygen atoms in total. The van der Waals surface area contributed by atoms with Crippen LogP contribution in [-0.2, 0) is 11.0 Å². The number of alkyl halides is 3. The van der Waals surface area contributed by atoms with Crippen molar-refractivity contribution < 1.29 is 23.1 Å². The number of thiophene rings is 1. The highest BCUT2D eigenvalue weighted by Gasteiger charge is 2.29. The van der Waals surface area contributed by atoms with E-state index in [1.165, 1.54) is 29.5 Å². The van der Waals surface area contributed by atoms with Gasteiger partial charge in [0.25, 0.3) is 0 Å². The van der Waals surface area contributed by atoms with Gasteiger partial charge in [-0.1, -0.05) is 12.1 Å². The average molecular weight is 298 g/mol. The molecule has 0 saturated carbocycles. The van der Waals surface area contributed by atoms with Gasteiger partial charge in [-0.25, -0.2) is 4.79 Å². The van der Waals surface area contributed by atoms with E-state index in [0.717, 1.165) is 28.6 Å². The minimum absolute atomic E-state index is 0.657. The van der Waals surface area contributed by atoms with E-state index in [4.69, 9.17) is 5.11 Å². The van der Waals surface area contributed by atoms with Crippen LogP contribution in [0.15, 0.2) is 41.8 Å². The molecular weight excluding hydrogens is 289 g/mol. The van der Waals surface area contributed by atoms with E-state index in [1.54, 1.807) is 11.4 Å². The Hall–Kier alpha value is -2.08. The zero-order chi connectivity index (χ0) is 14.8. The van der Waals surface area contributed by atoms with Crippen molar-refractivity contribution in [3.8, 4) is 11.1 Å².